The van der Waals surface area contributed by atoms with E-state index in [9.17, 15) is 0 Å². The van der Waals surface area contributed by atoms with Crippen molar-refractivity contribution in [1.29, 1.82) is 0 Å². The summed E-state index contributed by atoms with van der Waals surface area (Å²) in [5, 5.41) is 1.70. The van der Waals surface area contributed by atoms with Crippen LogP contribution in [0.2, 0.25) is 0 Å². The standard InChI is InChI=1S/C6H9NOS/c1-8-7-5-3-2-4-6(7)9/h2,4H,3,5H2,1H3. The minimum Gasteiger partial charge on any atom is -0.276 e. The first-order chi connectivity index (χ1) is 4.34. The van der Waals surface area contributed by atoms with Crippen LogP contribution < -0.4 is 0 Å². The lowest BCUT2D eigenvalue weighted by Gasteiger charge is -2.22. The maximum Gasteiger partial charge on any atom is 0.126 e. The first-order valence-electron chi connectivity index (χ1n) is 2.87. The molecule has 0 N–H and O–H groups in total. The van der Waals surface area contributed by atoms with Gasteiger partial charge in [-0.15, -0.1) is 0 Å². The monoisotopic (exact) mass is 143 g/mol. The van der Waals surface area contributed by atoms with E-state index in [1.807, 2.05) is 6.08 Å². The fourth-order valence-corrected chi connectivity index (χ4v) is 1.01. The van der Waals surface area contributed by atoms with Crippen molar-refractivity contribution in [3.8, 4) is 0 Å². The van der Waals surface area contributed by atoms with Crippen LogP contribution in [-0.4, -0.2) is 23.7 Å². The molecular weight excluding hydrogens is 134 g/mol. The molecule has 1 aliphatic rings. The third-order valence-corrected chi connectivity index (χ3v) is 1.57. The van der Waals surface area contributed by atoms with Gasteiger partial charge in [0.2, 0.25) is 0 Å². The van der Waals surface area contributed by atoms with Crippen molar-refractivity contribution >= 4 is 17.2 Å². The van der Waals surface area contributed by atoms with Crippen molar-refractivity contribution in [2.24, 2.45) is 0 Å². The Labute approximate surface area is 60.1 Å². The molecule has 0 spiro atoms. The second-order valence-corrected chi connectivity index (χ2v) is 2.23. The van der Waals surface area contributed by atoms with E-state index in [1.54, 1.807) is 12.2 Å². The molecule has 0 fully saturated rings. The number of hydrogen-bond acceptors (Lipinski definition) is 2. The van der Waals surface area contributed by atoms with Crippen LogP contribution in [-0.2, 0) is 4.84 Å². The highest BCUT2D eigenvalue weighted by Crippen LogP contribution is 2.03. The van der Waals surface area contributed by atoms with Crippen molar-refractivity contribution in [2.45, 2.75) is 6.42 Å². The summed E-state index contributed by atoms with van der Waals surface area (Å²) in [4.78, 5) is 5.71. The highest BCUT2D eigenvalue weighted by Gasteiger charge is 2.07. The van der Waals surface area contributed by atoms with E-state index in [4.69, 9.17) is 17.1 Å². The summed E-state index contributed by atoms with van der Waals surface area (Å²) in [7, 11) is 1.63. The van der Waals surface area contributed by atoms with Gasteiger partial charge in [-0.25, -0.2) is 5.06 Å². The summed E-state index contributed by atoms with van der Waals surface area (Å²) in [6, 6.07) is 0. The molecule has 0 unspecified atom stereocenters. The van der Waals surface area contributed by atoms with E-state index >= 15 is 0 Å². The Bertz CT molecular complexity index is 144. The van der Waals surface area contributed by atoms with Crippen LogP contribution in [0.4, 0.5) is 0 Å². The molecule has 3 heteroatoms. The zero-order valence-electron chi connectivity index (χ0n) is 5.33. The number of rotatable bonds is 1. The smallest absolute Gasteiger partial charge is 0.126 e. The van der Waals surface area contributed by atoms with Crippen LogP contribution in [0.1, 0.15) is 6.42 Å². The molecular formula is C6H9NOS. The molecule has 0 saturated heterocycles. The van der Waals surface area contributed by atoms with Crippen molar-refractivity contribution in [3.05, 3.63) is 12.2 Å². The van der Waals surface area contributed by atoms with Gasteiger partial charge in [0.05, 0.1) is 7.11 Å². The molecule has 0 aromatic carbocycles. The Hall–Kier alpha value is -0.410. The molecule has 1 heterocycles. The number of thiocarbonyl (C=S) groups is 1. The van der Waals surface area contributed by atoms with E-state index in [0.29, 0.717) is 0 Å². The van der Waals surface area contributed by atoms with Crippen LogP contribution in [0.25, 0.3) is 0 Å². The molecule has 0 bridgehead atoms. The van der Waals surface area contributed by atoms with Crippen molar-refractivity contribution in [2.75, 3.05) is 13.7 Å². The molecule has 1 rings (SSSR count). The second kappa shape index (κ2) is 2.94. The first-order valence-corrected chi connectivity index (χ1v) is 3.27. The van der Waals surface area contributed by atoms with Crippen LogP contribution in [0.3, 0.4) is 0 Å². The summed E-state index contributed by atoms with van der Waals surface area (Å²) < 4.78 is 0. The van der Waals surface area contributed by atoms with E-state index in [-0.39, 0.29) is 0 Å². The fraction of sp³-hybridized carbons (Fsp3) is 0.500. The van der Waals surface area contributed by atoms with E-state index in [1.165, 1.54) is 0 Å². The molecule has 2 nitrogen and oxygen atoms in total. The predicted molar refractivity (Wildman–Crippen MR) is 40.1 cm³/mol. The molecule has 0 aliphatic carbocycles. The van der Waals surface area contributed by atoms with Gasteiger partial charge in [0.15, 0.2) is 0 Å². The van der Waals surface area contributed by atoms with Crippen molar-refractivity contribution < 1.29 is 4.84 Å². The summed E-state index contributed by atoms with van der Waals surface area (Å²) >= 11 is 4.94. The quantitative estimate of drug-likeness (QED) is 0.511. The molecule has 1 aliphatic heterocycles. The van der Waals surface area contributed by atoms with Crippen LogP contribution >= 0.6 is 12.2 Å². The highest BCUT2D eigenvalue weighted by molar-refractivity contribution is 7.80. The Morgan fingerprint density at radius 1 is 1.78 bits per heavy atom. The lowest BCUT2D eigenvalue weighted by Crippen LogP contribution is -2.29. The third kappa shape index (κ3) is 1.50. The first kappa shape index (κ1) is 6.71. The van der Waals surface area contributed by atoms with Gasteiger partial charge in [-0.3, -0.25) is 4.84 Å². The van der Waals surface area contributed by atoms with Crippen molar-refractivity contribution in [1.82, 2.24) is 5.06 Å². The topological polar surface area (TPSA) is 12.5 Å². The van der Waals surface area contributed by atoms with Crippen LogP contribution in [0.5, 0.6) is 0 Å². The van der Waals surface area contributed by atoms with Gasteiger partial charge in [0, 0.05) is 6.54 Å². The van der Waals surface area contributed by atoms with Gasteiger partial charge >= 0.3 is 0 Å². The van der Waals surface area contributed by atoms with Crippen LogP contribution in [0, 0.1) is 0 Å². The van der Waals surface area contributed by atoms with Gasteiger partial charge < -0.3 is 0 Å². The molecule has 0 amide bonds. The van der Waals surface area contributed by atoms with Gasteiger partial charge in [-0.1, -0.05) is 18.3 Å². The zero-order valence-corrected chi connectivity index (χ0v) is 6.15. The van der Waals surface area contributed by atoms with Gasteiger partial charge in [-0.05, 0) is 12.5 Å². The number of hydroxylamine groups is 2. The minimum absolute atomic E-state index is 0.767. The Morgan fingerprint density at radius 2 is 2.56 bits per heavy atom. The lowest BCUT2D eigenvalue weighted by atomic mass is 10.3. The SMILES string of the molecule is CON1CCC=CC1=S. The molecule has 0 aromatic heterocycles. The maximum atomic E-state index is 4.94. The highest BCUT2D eigenvalue weighted by atomic mass is 32.1. The second-order valence-electron chi connectivity index (χ2n) is 1.81. The largest absolute Gasteiger partial charge is 0.276 e. The Morgan fingerprint density at radius 3 is 3.00 bits per heavy atom. The fourth-order valence-electron chi connectivity index (χ4n) is 0.751. The molecule has 9 heavy (non-hydrogen) atoms. The van der Waals surface area contributed by atoms with E-state index in [2.05, 4.69) is 6.08 Å². The van der Waals surface area contributed by atoms with Gasteiger partial charge in [-0.2, -0.15) is 0 Å². The average Bonchev–Trinajstić information content (AvgIpc) is 1.89. The van der Waals surface area contributed by atoms with Gasteiger partial charge in [0.1, 0.15) is 4.99 Å². The third-order valence-electron chi connectivity index (χ3n) is 1.23. The number of nitrogens with zero attached hydrogens (tertiary/aromatic N) is 1. The molecule has 0 radical (unpaired) electrons. The molecule has 0 aromatic rings. The average molecular weight is 143 g/mol. The van der Waals surface area contributed by atoms with E-state index < -0.39 is 0 Å². The lowest BCUT2D eigenvalue weighted by molar-refractivity contribution is -0.0612. The summed E-state index contributed by atoms with van der Waals surface area (Å²) in [6.07, 6.45) is 4.97. The summed E-state index contributed by atoms with van der Waals surface area (Å²) in [5.41, 5.74) is 0. The summed E-state index contributed by atoms with van der Waals surface area (Å²) in [6.45, 7) is 0.881. The molecule has 50 valence electrons. The Balaban J connectivity index is 2.55. The maximum absolute atomic E-state index is 4.94. The summed E-state index contributed by atoms with van der Waals surface area (Å²) in [5.74, 6) is 0. The zero-order chi connectivity index (χ0) is 6.69. The van der Waals surface area contributed by atoms with E-state index in [0.717, 1.165) is 18.0 Å². The van der Waals surface area contributed by atoms with Crippen LogP contribution in [0.15, 0.2) is 12.2 Å². The van der Waals surface area contributed by atoms with Gasteiger partial charge in [0.25, 0.3) is 0 Å². The predicted octanol–water partition coefficient (Wildman–Crippen LogP) is 1.14. The normalized spacial score (nSPS) is 18.8. The molecule has 0 atom stereocenters. The Kier molecular flexibility index (Phi) is 2.19. The number of hydrogen-bond donors (Lipinski definition) is 0. The molecule has 0 saturated carbocycles. The minimum atomic E-state index is 0.767. The van der Waals surface area contributed by atoms with Crippen molar-refractivity contribution in [3.63, 3.8) is 0 Å².